The number of nitrogens with two attached hydrogens (primary N) is 1. The minimum atomic E-state index is -2.37. The Bertz CT molecular complexity index is 206. The van der Waals surface area contributed by atoms with Gasteiger partial charge in [0.05, 0.1) is 6.61 Å². The molecule has 7 heteroatoms. The van der Waals surface area contributed by atoms with Crippen LogP contribution in [0.5, 0.6) is 0 Å². The molecule has 0 aliphatic heterocycles. The molecule has 0 radical (unpaired) electrons. The quantitative estimate of drug-likeness (QED) is 0.275. The lowest BCUT2D eigenvalue weighted by atomic mass is 9.91. The molecular formula is C7H15NO6. The topological polar surface area (TPSA) is 144 Å². The summed E-state index contributed by atoms with van der Waals surface area (Å²) in [4.78, 5) is 10.6. The summed E-state index contributed by atoms with van der Waals surface area (Å²) >= 11 is 0. The first-order valence-electron chi connectivity index (χ1n) is 3.92. The van der Waals surface area contributed by atoms with E-state index in [0.29, 0.717) is 0 Å². The number of carbonyl (C=O) groups excluding carboxylic acids is 1. The normalized spacial score (nSPS) is 22.1. The van der Waals surface area contributed by atoms with E-state index < -0.39 is 36.4 Å². The highest BCUT2D eigenvalue weighted by molar-refractivity contribution is 5.83. The van der Waals surface area contributed by atoms with Gasteiger partial charge in [0.15, 0.2) is 5.60 Å². The van der Waals surface area contributed by atoms with E-state index in [1.54, 1.807) is 0 Å². The fraction of sp³-hybridized carbons (Fsp3) is 0.857. The van der Waals surface area contributed by atoms with Gasteiger partial charge in [-0.05, 0) is 6.92 Å². The van der Waals surface area contributed by atoms with Crippen LogP contribution in [0.4, 0.5) is 0 Å². The highest BCUT2D eigenvalue weighted by Crippen LogP contribution is 2.14. The van der Waals surface area contributed by atoms with Crippen molar-refractivity contribution >= 4 is 5.91 Å². The van der Waals surface area contributed by atoms with Gasteiger partial charge in [0.1, 0.15) is 18.3 Å². The molecule has 7 N–H and O–H groups in total. The van der Waals surface area contributed by atoms with E-state index in [9.17, 15) is 15.0 Å². The summed E-state index contributed by atoms with van der Waals surface area (Å²) in [5.74, 6) is -1.24. The minimum absolute atomic E-state index is 0.812. The van der Waals surface area contributed by atoms with E-state index in [-0.39, 0.29) is 0 Å². The molecule has 0 aromatic heterocycles. The van der Waals surface area contributed by atoms with Gasteiger partial charge in [-0.3, -0.25) is 4.79 Å². The molecule has 14 heavy (non-hydrogen) atoms. The van der Waals surface area contributed by atoms with E-state index in [0.717, 1.165) is 6.92 Å². The Balaban J connectivity index is 4.60. The van der Waals surface area contributed by atoms with Gasteiger partial charge < -0.3 is 31.3 Å². The van der Waals surface area contributed by atoms with Crippen LogP contribution in [0.3, 0.4) is 0 Å². The fourth-order valence-corrected chi connectivity index (χ4v) is 0.797. The summed E-state index contributed by atoms with van der Waals surface area (Å²) < 4.78 is 0. The Hall–Kier alpha value is -0.730. The molecule has 0 unspecified atom stereocenters. The SMILES string of the molecule is C[C@](O)(C(N)=O)[C@@H](O)[C@H](O)[C@H](O)CO. The van der Waals surface area contributed by atoms with Crippen molar-refractivity contribution in [3.63, 3.8) is 0 Å². The molecule has 0 saturated carbocycles. The van der Waals surface area contributed by atoms with Crippen LogP contribution >= 0.6 is 0 Å². The summed E-state index contributed by atoms with van der Waals surface area (Å²) in [6, 6.07) is 0. The van der Waals surface area contributed by atoms with E-state index in [2.05, 4.69) is 0 Å². The van der Waals surface area contributed by atoms with Crippen LogP contribution in [0.15, 0.2) is 0 Å². The molecule has 0 rings (SSSR count). The third-order valence-electron chi connectivity index (χ3n) is 1.98. The third-order valence-corrected chi connectivity index (χ3v) is 1.98. The smallest absolute Gasteiger partial charge is 0.251 e. The van der Waals surface area contributed by atoms with Gasteiger partial charge in [-0.2, -0.15) is 0 Å². The van der Waals surface area contributed by atoms with Crippen LogP contribution in [0.2, 0.25) is 0 Å². The van der Waals surface area contributed by atoms with E-state index >= 15 is 0 Å². The lowest BCUT2D eigenvalue weighted by Gasteiger charge is -2.30. The van der Waals surface area contributed by atoms with Crippen molar-refractivity contribution in [3.05, 3.63) is 0 Å². The van der Waals surface area contributed by atoms with Crippen molar-refractivity contribution in [2.24, 2.45) is 5.73 Å². The summed E-state index contributed by atoms with van der Waals surface area (Å²) in [5.41, 5.74) is 2.38. The van der Waals surface area contributed by atoms with E-state index in [4.69, 9.17) is 21.1 Å². The summed E-state index contributed by atoms with van der Waals surface area (Å²) in [5, 5.41) is 45.0. The third kappa shape index (κ3) is 2.63. The molecular weight excluding hydrogens is 194 g/mol. The second kappa shape index (κ2) is 4.67. The monoisotopic (exact) mass is 209 g/mol. The Kier molecular flexibility index (Phi) is 4.43. The molecule has 0 heterocycles. The first-order valence-corrected chi connectivity index (χ1v) is 3.92. The van der Waals surface area contributed by atoms with Crippen LogP contribution in [-0.4, -0.2) is 62.0 Å². The summed E-state index contributed by atoms with van der Waals surface area (Å²) in [6.45, 7) is 0.0837. The van der Waals surface area contributed by atoms with Crippen molar-refractivity contribution in [1.82, 2.24) is 0 Å². The predicted molar refractivity (Wildman–Crippen MR) is 44.9 cm³/mol. The summed E-state index contributed by atoms with van der Waals surface area (Å²) in [7, 11) is 0. The van der Waals surface area contributed by atoms with Crippen molar-refractivity contribution in [2.45, 2.75) is 30.8 Å². The Labute approximate surface area is 80.4 Å². The Morgan fingerprint density at radius 1 is 1.43 bits per heavy atom. The van der Waals surface area contributed by atoms with Gasteiger partial charge >= 0.3 is 0 Å². The highest BCUT2D eigenvalue weighted by Gasteiger charge is 2.43. The standard InChI is InChI=1S/C7H15NO6/c1-7(14,6(8)13)5(12)4(11)3(10)2-9/h3-5,9-12,14H,2H2,1H3,(H2,8,13)/t3-,4-,5+,7-/m1/s1. The largest absolute Gasteiger partial charge is 0.394 e. The zero-order valence-corrected chi connectivity index (χ0v) is 7.66. The number of primary amides is 1. The highest BCUT2D eigenvalue weighted by atomic mass is 16.4. The maximum absolute atomic E-state index is 10.6. The maximum Gasteiger partial charge on any atom is 0.251 e. The van der Waals surface area contributed by atoms with Gasteiger partial charge in [0.2, 0.25) is 0 Å². The molecule has 0 fully saturated rings. The second-order valence-corrected chi connectivity index (χ2v) is 3.20. The lowest BCUT2D eigenvalue weighted by molar-refractivity contribution is -0.169. The molecule has 0 aromatic rings. The molecule has 84 valence electrons. The van der Waals surface area contributed by atoms with E-state index in [1.165, 1.54) is 0 Å². The number of rotatable bonds is 5. The van der Waals surface area contributed by atoms with Gasteiger partial charge in [-0.25, -0.2) is 0 Å². The zero-order valence-electron chi connectivity index (χ0n) is 7.66. The number of aliphatic hydroxyl groups is 5. The van der Waals surface area contributed by atoms with Crippen LogP contribution < -0.4 is 5.73 Å². The van der Waals surface area contributed by atoms with Crippen molar-refractivity contribution in [3.8, 4) is 0 Å². The van der Waals surface area contributed by atoms with Crippen molar-refractivity contribution in [2.75, 3.05) is 6.61 Å². The van der Waals surface area contributed by atoms with Gasteiger partial charge in [-0.15, -0.1) is 0 Å². The predicted octanol–water partition coefficient (Wildman–Crippen LogP) is -3.70. The zero-order chi connectivity index (χ0) is 11.5. The number of carbonyl (C=O) groups is 1. The lowest BCUT2D eigenvalue weighted by Crippen LogP contribution is -2.58. The van der Waals surface area contributed by atoms with Crippen molar-refractivity contribution in [1.29, 1.82) is 0 Å². The van der Waals surface area contributed by atoms with Crippen LogP contribution in [0.1, 0.15) is 6.92 Å². The first kappa shape index (κ1) is 13.3. The molecule has 4 atom stereocenters. The van der Waals surface area contributed by atoms with Gasteiger partial charge in [-0.1, -0.05) is 0 Å². The van der Waals surface area contributed by atoms with Crippen LogP contribution in [0.25, 0.3) is 0 Å². The number of hydrogen-bond acceptors (Lipinski definition) is 6. The summed E-state index contributed by atoms with van der Waals surface area (Å²) in [6.07, 6.45) is -5.49. The fourth-order valence-electron chi connectivity index (χ4n) is 0.797. The minimum Gasteiger partial charge on any atom is -0.394 e. The molecule has 7 nitrogen and oxygen atoms in total. The maximum atomic E-state index is 10.6. The molecule has 0 aliphatic carbocycles. The average molecular weight is 209 g/mol. The number of hydrogen-bond donors (Lipinski definition) is 6. The van der Waals surface area contributed by atoms with Crippen LogP contribution in [-0.2, 0) is 4.79 Å². The molecule has 0 bridgehead atoms. The Morgan fingerprint density at radius 2 is 1.86 bits per heavy atom. The average Bonchev–Trinajstić information content (AvgIpc) is 2.13. The molecule has 1 amide bonds. The first-order chi connectivity index (χ1) is 6.25. The van der Waals surface area contributed by atoms with Crippen molar-refractivity contribution < 1.29 is 30.3 Å². The number of amides is 1. The molecule has 0 saturated heterocycles. The molecule has 0 aromatic carbocycles. The van der Waals surface area contributed by atoms with Gasteiger partial charge in [0.25, 0.3) is 5.91 Å². The Morgan fingerprint density at radius 3 is 2.14 bits per heavy atom. The molecule has 0 aliphatic rings. The van der Waals surface area contributed by atoms with E-state index in [1.807, 2.05) is 0 Å². The number of aliphatic hydroxyl groups excluding tert-OH is 4. The van der Waals surface area contributed by atoms with Crippen LogP contribution in [0, 0.1) is 0 Å². The second-order valence-electron chi connectivity index (χ2n) is 3.20. The van der Waals surface area contributed by atoms with Gasteiger partial charge in [0, 0.05) is 0 Å². The molecule has 0 spiro atoms.